The lowest BCUT2D eigenvalue weighted by Crippen LogP contribution is -2.35. The molecule has 4 nitrogen and oxygen atoms in total. The van der Waals surface area contributed by atoms with Crippen molar-refractivity contribution in [1.29, 1.82) is 0 Å². The molecule has 0 amide bonds. The normalized spacial score (nSPS) is 22.3. The third-order valence-corrected chi connectivity index (χ3v) is 5.30. The van der Waals surface area contributed by atoms with Crippen LogP contribution >= 0.6 is 11.8 Å². The summed E-state index contributed by atoms with van der Waals surface area (Å²) < 4.78 is 0. The maximum Gasteiger partial charge on any atom is 0.135 e. The summed E-state index contributed by atoms with van der Waals surface area (Å²) in [4.78, 5) is 8.95. The van der Waals surface area contributed by atoms with Gasteiger partial charge in [0, 0.05) is 23.4 Å². The molecule has 0 spiro atoms. The Morgan fingerprint density at radius 1 is 1.24 bits per heavy atom. The molecule has 1 aliphatic carbocycles. The van der Waals surface area contributed by atoms with E-state index < -0.39 is 0 Å². The molecule has 118 valence electrons. The Kier molecular flexibility index (Phi) is 6.15. The number of rotatable bonds is 6. The van der Waals surface area contributed by atoms with Gasteiger partial charge in [-0.1, -0.05) is 26.7 Å². The molecule has 0 aromatic carbocycles. The predicted octanol–water partition coefficient (Wildman–Crippen LogP) is 4.12. The standard InChI is InChI=1S/C16H28N4S/c1-5-17-15-14(11(2)3)16(19-10-18-15)20-12-8-6-7-9-13(12)21-4/h10-13H,5-9H2,1-4H3,(H2,17,18,19,20). The molecule has 1 heterocycles. The first-order valence-electron chi connectivity index (χ1n) is 8.05. The minimum Gasteiger partial charge on any atom is -0.370 e. The molecule has 0 radical (unpaired) electrons. The second-order valence-electron chi connectivity index (χ2n) is 5.98. The monoisotopic (exact) mass is 308 g/mol. The van der Waals surface area contributed by atoms with Gasteiger partial charge in [0.25, 0.3) is 0 Å². The van der Waals surface area contributed by atoms with E-state index in [0.717, 1.165) is 18.2 Å². The predicted molar refractivity (Wildman–Crippen MR) is 93.5 cm³/mol. The molecule has 1 saturated carbocycles. The minimum atomic E-state index is 0.402. The molecule has 2 rings (SSSR count). The summed E-state index contributed by atoms with van der Waals surface area (Å²) in [6, 6.07) is 0.524. The number of nitrogens with zero attached hydrogens (tertiary/aromatic N) is 2. The molecule has 21 heavy (non-hydrogen) atoms. The SMILES string of the molecule is CCNc1ncnc(NC2CCCCC2SC)c1C(C)C. The number of thioether (sulfide) groups is 1. The van der Waals surface area contributed by atoms with Crippen molar-refractivity contribution in [2.24, 2.45) is 0 Å². The number of hydrogen-bond donors (Lipinski definition) is 2. The van der Waals surface area contributed by atoms with Crippen molar-refractivity contribution in [2.45, 2.75) is 63.7 Å². The highest BCUT2D eigenvalue weighted by molar-refractivity contribution is 7.99. The van der Waals surface area contributed by atoms with Crippen LogP contribution < -0.4 is 10.6 Å². The van der Waals surface area contributed by atoms with Gasteiger partial charge in [-0.2, -0.15) is 11.8 Å². The van der Waals surface area contributed by atoms with Crippen LogP contribution in [-0.2, 0) is 0 Å². The highest BCUT2D eigenvalue weighted by Gasteiger charge is 2.26. The highest BCUT2D eigenvalue weighted by Crippen LogP contribution is 2.33. The summed E-state index contributed by atoms with van der Waals surface area (Å²) in [6.45, 7) is 7.40. The number of nitrogens with one attached hydrogen (secondary N) is 2. The van der Waals surface area contributed by atoms with Crippen LogP contribution in [0.5, 0.6) is 0 Å². The lowest BCUT2D eigenvalue weighted by Gasteiger charge is -2.32. The van der Waals surface area contributed by atoms with Gasteiger partial charge in [0.15, 0.2) is 0 Å². The quantitative estimate of drug-likeness (QED) is 0.828. The van der Waals surface area contributed by atoms with E-state index in [1.807, 2.05) is 11.8 Å². The zero-order valence-electron chi connectivity index (χ0n) is 13.6. The van der Waals surface area contributed by atoms with Gasteiger partial charge in [-0.25, -0.2) is 9.97 Å². The van der Waals surface area contributed by atoms with Crippen molar-refractivity contribution in [3.8, 4) is 0 Å². The van der Waals surface area contributed by atoms with E-state index >= 15 is 0 Å². The maximum absolute atomic E-state index is 4.53. The Labute approximate surface area is 132 Å². The highest BCUT2D eigenvalue weighted by atomic mass is 32.2. The van der Waals surface area contributed by atoms with Crippen LogP contribution in [0, 0.1) is 0 Å². The number of anilines is 2. The van der Waals surface area contributed by atoms with Crippen molar-refractivity contribution >= 4 is 23.4 Å². The number of hydrogen-bond acceptors (Lipinski definition) is 5. The third-order valence-electron chi connectivity index (χ3n) is 4.13. The zero-order valence-corrected chi connectivity index (χ0v) is 14.5. The Morgan fingerprint density at radius 2 is 1.95 bits per heavy atom. The zero-order chi connectivity index (χ0) is 15.2. The average molecular weight is 308 g/mol. The van der Waals surface area contributed by atoms with Crippen molar-refractivity contribution in [3.05, 3.63) is 11.9 Å². The fraction of sp³-hybridized carbons (Fsp3) is 0.750. The lowest BCUT2D eigenvalue weighted by molar-refractivity contribution is 0.473. The Balaban J connectivity index is 2.23. The van der Waals surface area contributed by atoms with Gasteiger partial charge >= 0.3 is 0 Å². The fourth-order valence-electron chi connectivity index (χ4n) is 3.09. The van der Waals surface area contributed by atoms with Gasteiger partial charge in [0.2, 0.25) is 0 Å². The molecule has 1 aromatic rings. The first-order chi connectivity index (χ1) is 10.2. The summed E-state index contributed by atoms with van der Waals surface area (Å²) in [6.07, 6.45) is 9.11. The van der Waals surface area contributed by atoms with E-state index in [-0.39, 0.29) is 0 Å². The van der Waals surface area contributed by atoms with E-state index in [2.05, 4.69) is 47.6 Å². The summed E-state index contributed by atoms with van der Waals surface area (Å²) >= 11 is 1.98. The molecule has 0 saturated heterocycles. The van der Waals surface area contributed by atoms with Gasteiger partial charge in [-0.15, -0.1) is 0 Å². The van der Waals surface area contributed by atoms with Crippen molar-refractivity contribution < 1.29 is 0 Å². The second kappa shape index (κ2) is 7.87. The minimum absolute atomic E-state index is 0.402. The van der Waals surface area contributed by atoms with Crippen LogP contribution in [0.3, 0.4) is 0 Å². The van der Waals surface area contributed by atoms with E-state index in [1.54, 1.807) is 6.33 Å². The van der Waals surface area contributed by atoms with E-state index in [1.165, 1.54) is 31.2 Å². The molecule has 1 aliphatic rings. The molecule has 1 fully saturated rings. The van der Waals surface area contributed by atoms with Gasteiger partial charge in [0.05, 0.1) is 0 Å². The Morgan fingerprint density at radius 3 is 2.62 bits per heavy atom. The molecule has 1 aromatic heterocycles. The topological polar surface area (TPSA) is 49.8 Å². The van der Waals surface area contributed by atoms with Crippen LogP contribution in [0.25, 0.3) is 0 Å². The van der Waals surface area contributed by atoms with Gasteiger partial charge in [-0.3, -0.25) is 0 Å². The first-order valence-corrected chi connectivity index (χ1v) is 9.34. The van der Waals surface area contributed by atoms with Gasteiger partial charge < -0.3 is 10.6 Å². The molecule has 5 heteroatoms. The fourth-order valence-corrected chi connectivity index (χ4v) is 4.02. The largest absolute Gasteiger partial charge is 0.370 e. The molecule has 0 aliphatic heterocycles. The van der Waals surface area contributed by atoms with Crippen LogP contribution in [0.1, 0.15) is 57.9 Å². The van der Waals surface area contributed by atoms with Gasteiger partial charge in [-0.05, 0) is 31.9 Å². The molecule has 0 bridgehead atoms. The molecule has 2 atom stereocenters. The van der Waals surface area contributed by atoms with Crippen molar-refractivity contribution in [3.63, 3.8) is 0 Å². The molecule has 2 N–H and O–H groups in total. The second-order valence-corrected chi connectivity index (χ2v) is 7.06. The summed E-state index contributed by atoms with van der Waals surface area (Å²) in [5, 5.41) is 7.77. The summed E-state index contributed by atoms with van der Waals surface area (Å²) in [5.41, 5.74) is 1.21. The average Bonchev–Trinajstić information content (AvgIpc) is 2.48. The first kappa shape index (κ1) is 16.4. The molecular formula is C16H28N4S. The van der Waals surface area contributed by atoms with Crippen LogP contribution in [0.4, 0.5) is 11.6 Å². The Hall–Kier alpha value is -0.970. The van der Waals surface area contributed by atoms with E-state index in [9.17, 15) is 0 Å². The van der Waals surface area contributed by atoms with Crippen LogP contribution in [0.15, 0.2) is 6.33 Å². The van der Waals surface area contributed by atoms with Crippen LogP contribution in [-0.4, -0.2) is 34.1 Å². The van der Waals surface area contributed by atoms with Crippen LogP contribution in [0.2, 0.25) is 0 Å². The third kappa shape index (κ3) is 4.02. The van der Waals surface area contributed by atoms with Crippen molar-refractivity contribution in [2.75, 3.05) is 23.4 Å². The molecular weight excluding hydrogens is 280 g/mol. The van der Waals surface area contributed by atoms with E-state index in [4.69, 9.17) is 0 Å². The van der Waals surface area contributed by atoms with Gasteiger partial charge in [0.1, 0.15) is 18.0 Å². The van der Waals surface area contributed by atoms with E-state index in [0.29, 0.717) is 17.2 Å². The summed E-state index contributed by atoms with van der Waals surface area (Å²) in [5.74, 6) is 2.39. The maximum atomic E-state index is 4.53. The smallest absolute Gasteiger partial charge is 0.135 e. The number of aromatic nitrogens is 2. The lowest BCUT2D eigenvalue weighted by atomic mass is 9.94. The van der Waals surface area contributed by atoms with Crippen molar-refractivity contribution in [1.82, 2.24) is 9.97 Å². The molecule has 2 unspecified atom stereocenters. The Bertz CT molecular complexity index is 450. The summed E-state index contributed by atoms with van der Waals surface area (Å²) in [7, 11) is 0.